The van der Waals surface area contributed by atoms with Crippen molar-refractivity contribution >= 4 is 9.84 Å². The lowest BCUT2D eigenvalue weighted by atomic mass is 10.1. The molecule has 2 aromatic rings. The average Bonchev–Trinajstić information content (AvgIpc) is 2.73. The molecule has 1 aliphatic rings. The quantitative estimate of drug-likeness (QED) is 0.659. The van der Waals surface area contributed by atoms with Crippen LogP contribution in [0.4, 0.5) is 13.2 Å². The van der Waals surface area contributed by atoms with Gasteiger partial charge in [0, 0.05) is 39.3 Å². The summed E-state index contributed by atoms with van der Waals surface area (Å²) in [5.41, 5.74) is 0.186. The maximum absolute atomic E-state index is 12.7. The maximum Gasteiger partial charge on any atom is 0.416 e. The number of nitrogens with zero attached hydrogens (tertiary/aromatic N) is 2. The standard InChI is InChI=1S/C21H25F3N2O3S/c1-29-19-3-2-4-20(15-19)30(27,28)14-13-25-9-11-26(12-10-25)16-17-5-7-18(8-6-17)21(22,23)24/h2-8,15H,9-14,16H2,1H3. The van der Waals surface area contributed by atoms with Crippen LogP contribution in [0.1, 0.15) is 11.1 Å². The molecule has 1 fully saturated rings. The van der Waals surface area contributed by atoms with E-state index in [1.165, 1.54) is 25.3 Å². The Morgan fingerprint density at radius 2 is 1.60 bits per heavy atom. The molecule has 0 spiro atoms. The number of benzene rings is 2. The Kier molecular flexibility index (Phi) is 7.05. The van der Waals surface area contributed by atoms with Crippen molar-refractivity contribution in [2.45, 2.75) is 17.6 Å². The zero-order valence-corrected chi connectivity index (χ0v) is 17.5. The number of rotatable bonds is 7. The van der Waals surface area contributed by atoms with E-state index >= 15 is 0 Å². The Labute approximate surface area is 175 Å². The van der Waals surface area contributed by atoms with Crippen molar-refractivity contribution in [3.05, 3.63) is 59.7 Å². The molecule has 0 atom stereocenters. The minimum absolute atomic E-state index is 0.0269. The van der Waals surface area contributed by atoms with Gasteiger partial charge in [0.05, 0.1) is 23.3 Å². The molecule has 9 heteroatoms. The third-order valence-corrected chi connectivity index (χ3v) is 6.92. The van der Waals surface area contributed by atoms with E-state index in [4.69, 9.17) is 4.74 Å². The molecule has 0 N–H and O–H groups in total. The highest BCUT2D eigenvalue weighted by Crippen LogP contribution is 2.29. The van der Waals surface area contributed by atoms with Gasteiger partial charge in [-0.3, -0.25) is 9.80 Å². The molecule has 1 heterocycles. The van der Waals surface area contributed by atoms with Gasteiger partial charge in [-0.2, -0.15) is 13.2 Å². The SMILES string of the molecule is COc1cccc(S(=O)(=O)CCN2CCN(Cc3ccc(C(F)(F)F)cc3)CC2)c1. The van der Waals surface area contributed by atoms with Crippen LogP contribution in [-0.4, -0.2) is 63.8 Å². The molecule has 0 radical (unpaired) electrons. The molecule has 0 aromatic heterocycles. The summed E-state index contributed by atoms with van der Waals surface area (Å²) in [5, 5.41) is 0. The first kappa shape index (κ1) is 22.6. The van der Waals surface area contributed by atoms with E-state index in [0.29, 0.717) is 31.9 Å². The molecule has 1 aliphatic heterocycles. The summed E-state index contributed by atoms with van der Waals surface area (Å²) in [5.74, 6) is 0.534. The van der Waals surface area contributed by atoms with E-state index < -0.39 is 21.6 Å². The van der Waals surface area contributed by atoms with Gasteiger partial charge in [0.2, 0.25) is 0 Å². The number of sulfone groups is 1. The summed E-state index contributed by atoms with van der Waals surface area (Å²) in [4.78, 5) is 4.51. The third-order valence-electron chi connectivity index (χ3n) is 5.23. The third kappa shape index (κ3) is 5.96. The Morgan fingerprint density at radius 1 is 0.967 bits per heavy atom. The highest BCUT2D eigenvalue weighted by Gasteiger charge is 2.30. The fourth-order valence-corrected chi connectivity index (χ4v) is 4.71. The molecule has 0 amide bonds. The predicted octanol–water partition coefficient (Wildman–Crippen LogP) is 3.31. The van der Waals surface area contributed by atoms with E-state index in [0.717, 1.165) is 30.8 Å². The molecular formula is C21H25F3N2O3S. The largest absolute Gasteiger partial charge is 0.497 e. The van der Waals surface area contributed by atoms with E-state index in [-0.39, 0.29) is 10.6 Å². The van der Waals surface area contributed by atoms with Crippen LogP contribution >= 0.6 is 0 Å². The van der Waals surface area contributed by atoms with E-state index in [2.05, 4.69) is 9.80 Å². The lowest BCUT2D eigenvalue weighted by molar-refractivity contribution is -0.137. The number of alkyl halides is 3. The summed E-state index contributed by atoms with van der Waals surface area (Å²) in [6, 6.07) is 11.7. The minimum atomic E-state index is -4.32. The molecule has 0 aliphatic carbocycles. The van der Waals surface area contributed by atoms with Crippen LogP contribution in [0.15, 0.2) is 53.4 Å². The normalized spacial score (nSPS) is 16.5. The summed E-state index contributed by atoms with van der Waals surface area (Å²) < 4.78 is 68.2. The van der Waals surface area contributed by atoms with Crippen LogP contribution < -0.4 is 4.74 Å². The second-order valence-corrected chi connectivity index (χ2v) is 9.42. The van der Waals surface area contributed by atoms with Crippen molar-refractivity contribution in [1.82, 2.24) is 9.80 Å². The number of hydrogen-bond acceptors (Lipinski definition) is 5. The smallest absolute Gasteiger partial charge is 0.416 e. The molecule has 0 bridgehead atoms. The van der Waals surface area contributed by atoms with Crippen LogP contribution in [0, 0.1) is 0 Å². The number of methoxy groups -OCH3 is 1. The van der Waals surface area contributed by atoms with Crippen LogP contribution in [0.3, 0.4) is 0 Å². The van der Waals surface area contributed by atoms with Crippen molar-refractivity contribution in [3.63, 3.8) is 0 Å². The number of halogens is 3. The van der Waals surface area contributed by atoms with Crippen molar-refractivity contribution in [2.24, 2.45) is 0 Å². The molecule has 1 saturated heterocycles. The van der Waals surface area contributed by atoms with Gasteiger partial charge in [0.1, 0.15) is 5.75 Å². The second kappa shape index (κ2) is 9.36. The zero-order chi connectivity index (χ0) is 21.8. The van der Waals surface area contributed by atoms with Crippen molar-refractivity contribution in [1.29, 1.82) is 0 Å². The fraction of sp³-hybridized carbons (Fsp3) is 0.429. The number of ether oxygens (including phenoxy) is 1. The Hall–Kier alpha value is -2.10. The highest BCUT2D eigenvalue weighted by molar-refractivity contribution is 7.91. The molecule has 30 heavy (non-hydrogen) atoms. The molecule has 0 saturated carbocycles. The van der Waals surface area contributed by atoms with Gasteiger partial charge in [0.25, 0.3) is 0 Å². The molecule has 0 unspecified atom stereocenters. The summed E-state index contributed by atoms with van der Waals surface area (Å²) in [7, 11) is -1.90. The number of hydrogen-bond donors (Lipinski definition) is 0. The van der Waals surface area contributed by atoms with Gasteiger partial charge >= 0.3 is 6.18 Å². The second-order valence-electron chi connectivity index (χ2n) is 7.31. The van der Waals surface area contributed by atoms with Crippen molar-refractivity contribution in [2.75, 3.05) is 45.6 Å². The minimum Gasteiger partial charge on any atom is -0.497 e. The summed E-state index contributed by atoms with van der Waals surface area (Å²) in [6.07, 6.45) is -4.32. The van der Waals surface area contributed by atoms with E-state index in [1.54, 1.807) is 18.2 Å². The summed E-state index contributed by atoms with van der Waals surface area (Å²) >= 11 is 0. The Balaban J connectivity index is 1.47. The van der Waals surface area contributed by atoms with Crippen LogP contribution in [0.5, 0.6) is 5.75 Å². The monoisotopic (exact) mass is 442 g/mol. The molecule has 5 nitrogen and oxygen atoms in total. The highest BCUT2D eigenvalue weighted by atomic mass is 32.2. The summed E-state index contributed by atoms with van der Waals surface area (Å²) in [6.45, 7) is 3.92. The lowest BCUT2D eigenvalue weighted by Gasteiger charge is -2.34. The average molecular weight is 443 g/mol. The van der Waals surface area contributed by atoms with Crippen LogP contribution in [0.2, 0.25) is 0 Å². The molecule has 164 valence electrons. The van der Waals surface area contributed by atoms with Gasteiger partial charge in [-0.15, -0.1) is 0 Å². The van der Waals surface area contributed by atoms with Crippen LogP contribution in [-0.2, 0) is 22.6 Å². The van der Waals surface area contributed by atoms with Gasteiger partial charge in [-0.1, -0.05) is 18.2 Å². The predicted molar refractivity (Wildman–Crippen MR) is 108 cm³/mol. The molecular weight excluding hydrogens is 417 g/mol. The van der Waals surface area contributed by atoms with Gasteiger partial charge < -0.3 is 4.74 Å². The first-order valence-corrected chi connectivity index (χ1v) is 11.3. The van der Waals surface area contributed by atoms with Gasteiger partial charge in [0.15, 0.2) is 9.84 Å². The van der Waals surface area contributed by atoms with Gasteiger partial charge in [-0.05, 0) is 35.9 Å². The zero-order valence-electron chi connectivity index (χ0n) is 16.7. The Morgan fingerprint density at radius 3 is 2.20 bits per heavy atom. The maximum atomic E-state index is 12.7. The van der Waals surface area contributed by atoms with E-state index in [1.807, 2.05) is 0 Å². The molecule has 3 rings (SSSR count). The van der Waals surface area contributed by atoms with Crippen molar-refractivity contribution in [3.8, 4) is 5.75 Å². The van der Waals surface area contributed by atoms with E-state index in [9.17, 15) is 21.6 Å². The molecule has 2 aromatic carbocycles. The van der Waals surface area contributed by atoms with Gasteiger partial charge in [-0.25, -0.2) is 8.42 Å². The van der Waals surface area contributed by atoms with Crippen molar-refractivity contribution < 1.29 is 26.3 Å². The van der Waals surface area contributed by atoms with Crippen LogP contribution in [0.25, 0.3) is 0 Å². The number of piperazine rings is 1. The lowest BCUT2D eigenvalue weighted by Crippen LogP contribution is -2.47. The Bertz CT molecular complexity index is 939. The topological polar surface area (TPSA) is 49.9 Å². The fourth-order valence-electron chi connectivity index (χ4n) is 3.39. The first-order chi connectivity index (χ1) is 14.2. The first-order valence-electron chi connectivity index (χ1n) is 9.65.